The van der Waals surface area contributed by atoms with Crippen molar-refractivity contribution in [3.63, 3.8) is 0 Å². The fraction of sp³-hybridized carbons (Fsp3) is 0.0417. The van der Waals surface area contributed by atoms with Crippen molar-refractivity contribution in [2.45, 2.75) is 11.8 Å². The summed E-state index contributed by atoms with van der Waals surface area (Å²) in [6.07, 6.45) is 9.16. The maximum Gasteiger partial charge on any atom is 0.0620 e. The number of hydrogen-bond acceptors (Lipinski definition) is 0. The molecule has 228 valence electrons. The van der Waals surface area contributed by atoms with E-state index in [4.69, 9.17) is 0 Å². The maximum atomic E-state index is 2.45. The first-order chi connectivity index (χ1) is 24.3. The van der Waals surface area contributed by atoms with Gasteiger partial charge in [0.05, 0.1) is 16.6 Å². The summed E-state index contributed by atoms with van der Waals surface area (Å²) in [5.41, 5.74) is 16.9. The molecule has 2 aromatic heterocycles. The fourth-order valence-corrected chi connectivity index (χ4v) is 8.87. The lowest BCUT2D eigenvalue weighted by Gasteiger charge is -2.34. The predicted molar refractivity (Wildman–Crippen MR) is 207 cm³/mol. The van der Waals surface area contributed by atoms with Crippen LogP contribution in [0.4, 0.5) is 0 Å². The highest BCUT2D eigenvalue weighted by molar-refractivity contribution is 6.24. The van der Waals surface area contributed by atoms with E-state index in [1.54, 1.807) is 0 Å². The molecule has 0 aliphatic heterocycles. The average molecular weight is 622 g/mol. The largest absolute Gasteiger partial charge is 0.308 e. The Morgan fingerprint density at radius 3 is 1.51 bits per heavy atom. The van der Waals surface area contributed by atoms with Crippen LogP contribution in [0.3, 0.4) is 0 Å². The Morgan fingerprint density at radius 1 is 0.347 bits per heavy atom. The predicted octanol–water partition coefficient (Wildman–Crippen LogP) is 12.8. The minimum Gasteiger partial charge on any atom is -0.308 e. The van der Waals surface area contributed by atoms with E-state index in [1.807, 2.05) is 0 Å². The van der Waals surface area contributed by atoms with E-state index in [9.17, 15) is 0 Å². The Bertz CT molecular complexity index is 2760. The van der Waals surface area contributed by atoms with Gasteiger partial charge in [0.1, 0.15) is 0 Å². The maximum absolute atomic E-state index is 2.45. The first-order valence-electron chi connectivity index (χ1n) is 17.3. The summed E-state index contributed by atoms with van der Waals surface area (Å²) in [4.78, 5) is 0. The lowest BCUT2D eigenvalue weighted by atomic mass is 9.69. The van der Waals surface area contributed by atoms with E-state index >= 15 is 0 Å². The Morgan fingerprint density at radius 2 is 0.857 bits per heavy atom. The monoisotopic (exact) mass is 621 g/mol. The van der Waals surface area contributed by atoms with E-state index < -0.39 is 0 Å². The molecule has 1 nitrogen and oxygen atoms in total. The third-order valence-corrected chi connectivity index (χ3v) is 11.1. The van der Waals surface area contributed by atoms with Gasteiger partial charge in [0, 0.05) is 33.4 Å². The van der Waals surface area contributed by atoms with Crippen LogP contribution in [-0.2, 0) is 0 Å². The summed E-state index contributed by atoms with van der Waals surface area (Å²) in [7, 11) is 0. The molecule has 11 rings (SSSR count). The van der Waals surface area contributed by atoms with Gasteiger partial charge in [-0.2, -0.15) is 0 Å². The molecule has 2 unspecified atom stereocenters. The highest BCUT2D eigenvalue weighted by Crippen LogP contribution is 2.50. The lowest BCUT2D eigenvalue weighted by Crippen LogP contribution is -2.16. The van der Waals surface area contributed by atoms with Gasteiger partial charge in [-0.15, -0.1) is 0 Å². The highest BCUT2D eigenvalue weighted by Gasteiger charge is 2.31. The Labute approximate surface area is 285 Å². The average Bonchev–Trinajstić information content (AvgIpc) is 3.70. The van der Waals surface area contributed by atoms with E-state index in [0.29, 0.717) is 11.8 Å². The molecule has 2 atom stereocenters. The van der Waals surface area contributed by atoms with Crippen LogP contribution in [0.1, 0.15) is 23.0 Å². The highest BCUT2D eigenvalue weighted by atomic mass is 14.9. The van der Waals surface area contributed by atoms with Gasteiger partial charge in [-0.3, -0.25) is 0 Å². The van der Waals surface area contributed by atoms with Gasteiger partial charge >= 0.3 is 0 Å². The third kappa shape index (κ3) is 3.87. The number of aromatic nitrogens is 1. The van der Waals surface area contributed by atoms with Gasteiger partial charge < -0.3 is 4.40 Å². The summed E-state index contributed by atoms with van der Waals surface area (Å²) in [6.45, 7) is 0. The molecule has 49 heavy (non-hydrogen) atoms. The first-order valence-corrected chi connectivity index (χ1v) is 17.3. The molecule has 0 spiro atoms. The van der Waals surface area contributed by atoms with Crippen LogP contribution in [-0.4, -0.2) is 4.40 Å². The van der Waals surface area contributed by atoms with Crippen LogP contribution in [0.2, 0.25) is 0 Å². The quantitative estimate of drug-likeness (QED) is 0.185. The molecular weight excluding hydrogens is 591 g/mol. The number of nitrogens with zero attached hydrogens (tertiary/aromatic N) is 1. The summed E-state index contributed by atoms with van der Waals surface area (Å²) in [5, 5.41) is 5.23. The first kappa shape index (κ1) is 26.8. The molecule has 7 aromatic carbocycles. The van der Waals surface area contributed by atoms with Gasteiger partial charge in [0.15, 0.2) is 0 Å². The van der Waals surface area contributed by atoms with Crippen molar-refractivity contribution in [1.82, 2.24) is 4.40 Å². The van der Waals surface area contributed by atoms with Gasteiger partial charge in [-0.1, -0.05) is 133 Å². The number of fused-ring (bicyclic) bond motifs is 12. The SMILES string of the molecule is C1=CC2c3ccccc3-c3ccc(-c4cccc(-c5cccc(-c6cc7c8ccccc8n8c9ccccc9c(c6)c78)c5)c4)cc3C2C=C1. The normalized spacial score (nSPS) is 16.4. The molecule has 0 radical (unpaired) electrons. The molecule has 0 saturated carbocycles. The second kappa shape index (κ2) is 10.2. The Hall–Kier alpha value is -6.18. The van der Waals surface area contributed by atoms with Crippen molar-refractivity contribution >= 4 is 38.1 Å². The minimum atomic E-state index is 0.356. The van der Waals surface area contributed by atoms with Crippen LogP contribution >= 0.6 is 0 Å². The fourth-order valence-electron chi connectivity index (χ4n) is 8.87. The zero-order valence-corrected chi connectivity index (χ0v) is 26.8. The van der Waals surface area contributed by atoms with Crippen LogP contribution < -0.4 is 0 Å². The molecule has 1 heteroatoms. The molecule has 2 aliphatic carbocycles. The van der Waals surface area contributed by atoms with Crippen molar-refractivity contribution in [2.24, 2.45) is 0 Å². The minimum absolute atomic E-state index is 0.356. The second-order valence-corrected chi connectivity index (χ2v) is 13.7. The van der Waals surface area contributed by atoms with E-state index in [1.165, 1.54) is 93.7 Å². The zero-order valence-electron chi connectivity index (χ0n) is 26.8. The number of benzene rings is 7. The van der Waals surface area contributed by atoms with Crippen LogP contribution in [0.25, 0.3) is 82.6 Å². The number of hydrogen-bond donors (Lipinski definition) is 0. The van der Waals surface area contributed by atoms with Crippen molar-refractivity contribution < 1.29 is 0 Å². The van der Waals surface area contributed by atoms with E-state index in [0.717, 1.165) is 0 Å². The Kier molecular flexibility index (Phi) is 5.57. The molecule has 0 N–H and O–H groups in total. The van der Waals surface area contributed by atoms with Crippen LogP contribution in [0.5, 0.6) is 0 Å². The topological polar surface area (TPSA) is 4.41 Å². The third-order valence-electron chi connectivity index (χ3n) is 11.1. The number of para-hydroxylation sites is 2. The van der Waals surface area contributed by atoms with Gasteiger partial charge in [0.25, 0.3) is 0 Å². The number of allylic oxidation sites excluding steroid dienone is 4. The summed E-state index contributed by atoms with van der Waals surface area (Å²) < 4.78 is 2.45. The summed E-state index contributed by atoms with van der Waals surface area (Å²) in [6, 6.07) is 56.6. The molecule has 2 heterocycles. The van der Waals surface area contributed by atoms with Crippen molar-refractivity contribution in [2.75, 3.05) is 0 Å². The van der Waals surface area contributed by atoms with Gasteiger partial charge in [-0.05, 0) is 98.1 Å². The lowest BCUT2D eigenvalue weighted by molar-refractivity contribution is 0.720. The molecule has 0 fully saturated rings. The van der Waals surface area contributed by atoms with Gasteiger partial charge in [0.2, 0.25) is 0 Å². The number of rotatable bonds is 3. The van der Waals surface area contributed by atoms with E-state index in [-0.39, 0.29) is 0 Å². The van der Waals surface area contributed by atoms with E-state index in [2.05, 4.69) is 180 Å². The molecule has 0 bridgehead atoms. The second-order valence-electron chi connectivity index (χ2n) is 13.7. The zero-order chi connectivity index (χ0) is 32.1. The molecular formula is C48H31N. The molecule has 9 aromatic rings. The summed E-state index contributed by atoms with van der Waals surface area (Å²) >= 11 is 0. The Balaban J connectivity index is 1.02. The summed E-state index contributed by atoms with van der Waals surface area (Å²) in [5.74, 6) is 0.737. The van der Waals surface area contributed by atoms with Crippen molar-refractivity contribution in [3.05, 3.63) is 187 Å². The molecule has 2 aliphatic rings. The van der Waals surface area contributed by atoms with Crippen LogP contribution in [0.15, 0.2) is 176 Å². The molecule has 0 amide bonds. The molecule has 0 saturated heterocycles. The van der Waals surface area contributed by atoms with Gasteiger partial charge in [-0.25, -0.2) is 0 Å². The smallest absolute Gasteiger partial charge is 0.0620 e. The van der Waals surface area contributed by atoms with Crippen molar-refractivity contribution in [3.8, 4) is 44.5 Å². The van der Waals surface area contributed by atoms with Crippen LogP contribution in [0, 0.1) is 0 Å². The van der Waals surface area contributed by atoms with Crippen molar-refractivity contribution in [1.29, 1.82) is 0 Å². The standard InChI is InChI=1S/C48H31N/c1-2-17-38-36(15-1)37-16-3-4-18-39(37)43-27-34(23-24-40(38)43)32-13-9-11-30(25-32)31-12-10-14-33(26-31)35-28-44-41-19-5-7-21-46(41)49-47-22-8-6-20-42(47)45(29-35)48(44)49/h1-29,37,39H.